The minimum absolute atomic E-state index is 0.185. The first-order valence-electron chi connectivity index (χ1n) is 5.33. The number of nitrogens with one attached hydrogen (secondary N) is 1. The molecular formula is C12H13N3O2. The molecule has 5 nitrogen and oxygen atoms in total. The first-order chi connectivity index (χ1) is 8.24. The summed E-state index contributed by atoms with van der Waals surface area (Å²) in [6.45, 7) is 2.41. The van der Waals surface area contributed by atoms with Crippen molar-refractivity contribution in [3.63, 3.8) is 0 Å². The number of ether oxygens (including phenoxy) is 1. The lowest BCUT2D eigenvalue weighted by molar-refractivity contribution is 0.0946. The molecule has 0 saturated carbocycles. The van der Waals surface area contributed by atoms with Crippen molar-refractivity contribution in [3.05, 3.63) is 30.2 Å². The summed E-state index contributed by atoms with van der Waals surface area (Å²) in [5, 5.41) is 3.51. The minimum Gasteiger partial charge on any atom is -0.497 e. The molecule has 1 heterocycles. The number of nitrogens with zero attached hydrogens (tertiary/aromatic N) is 2. The maximum Gasteiger partial charge on any atom is 0.289 e. The van der Waals surface area contributed by atoms with Crippen LogP contribution in [0.1, 0.15) is 17.5 Å². The summed E-state index contributed by atoms with van der Waals surface area (Å²) >= 11 is 0. The van der Waals surface area contributed by atoms with Gasteiger partial charge in [-0.1, -0.05) is 0 Å². The molecule has 0 saturated heterocycles. The Morgan fingerprint density at radius 1 is 1.47 bits per heavy atom. The second kappa shape index (κ2) is 4.78. The quantitative estimate of drug-likeness (QED) is 0.867. The Bertz CT molecular complexity index is 554. The summed E-state index contributed by atoms with van der Waals surface area (Å²) in [7, 11) is 1.60. The number of methoxy groups -OCH3 is 1. The highest BCUT2D eigenvalue weighted by atomic mass is 16.5. The Morgan fingerprint density at radius 2 is 2.29 bits per heavy atom. The zero-order valence-electron chi connectivity index (χ0n) is 9.73. The number of fused-ring (bicyclic) bond motifs is 1. The van der Waals surface area contributed by atoms with Gasteiger partial charge in [-0.05, 0) is 25.1 Å². The summed E-state index contributed by atoms with van der Waals surface area (Å²) in [4.78, 5) is 19.8. The predicted octanol–water partition coefficient (Wildman–Crippen LogP) is 1.39. The SMILES string of the molecule is CCNC(=O)c1ncc2cc(OC)ccc2n1. The molecule has 88 valence electrons. The summed E-state index contributed by atoms with van der Waals surface area (Å²) < 4.78 is 5.10. The molecule has 0 bridgehead atoms. The van der Waals surface area contributed by atoms with E-state index < -0.39 is 0 Å². The number of benzene rings is 1. The lowest BCUT2D eigenvalue weighted by atomic mass is 10.2. The van der Waals surface area contributed by atoms with Gasteiger partial charge in [-0.25, -0.2) is 9.97 Å². The van der Waals surface area contributed by atoms with Crippen LogP contribution >= 0.6 is 0 Å². The Morgan fingerprint density at radius 3 is 3.00 bits per heavy atom. The van der Waals surface area contributed by atoms with Gasteiger partial charge >= 0.3 is 0 Å². The van der Waals surface area contributed by atoms with Crippen molar-refractivity contribution in [2.75, 3.05) is 13.7 Å². The van der Waals surface area contributed by atoms with Gasteiger partial charge in [-0.2, -0.15) is 0 Å². The maximum absolute atomic E-state index is 11.6. The zero-order chi connectivity index (χ0) is 12.3. The fourth-order valence-electron chi connectivity index (χ4n) is 1.49. The van der Waals surface area contributed by atoms with Gasteiger partial charge in [0, 0.05) is 18.1 Å². The van der Waals surface area contributed by atoms with Crippen LogP contribution in [0.5, 0.6) is 5.75 Å². The van der Waals surface area contributed by atoms with Crippen LogP contribution in [0, 0.1) is 0 Å². The van der Waals surface area contributed by atoms with Crippen molar-refractivity contribution in [2.45, 2.75) is 6.92 Å². The molecule has 0 spiro atoms. The van der Waals surface area contributed by atoms with Crippen LogP contribution in [0.2, 0.25) is 0 Å². The van der Waals surface area contributed by atoms with Crippen LogP contribution in [0.25, 0.3) is 10.9 Å². The van der Waals surface area contributed by atoms with E-state index in [9.17, 15) is 4.79 Å². The lowest BCUT2D eigenvalue weighted by Crippen LogP contribution is -2.24. The zero-order valence-corrected chi connectivity index (χ0v) is 9.73. The van der Waals surface area contributed by atoms with Gasteiger partial charge in [-0.3, -0.25) is 4.79 Å². The maximum atomic E-state index is 11.6. The summed E-state index contributed by atoms with van der Waals surface area (Å²) in [6, 6.07) is 5.44. The standard InChI is InChI=1S/C12H13N3O2/c1-3-13-12(16)11-14-7-8-6-9(17-2)4-5-10(8)15-11/h4-7H,3H2,1-2H3,(H,13,16). The lowest BCUT2D eigenvalue weighted by Gasteiger charge is -2.04. The molecule has 2 rings (SSSR count). The number of carbonyl (C=O) groups is 1. The third-order valence-corrected chi connectivity index (χ3v) is 2.33. The molecule has 0 unspecified atom stereocenters. The fourth-order valence-corrected chi connectivity index (χ4v) is 1.49. The highest BCUT2D eigenvalue weighted by molar-refractivity contribution is 5.92. The van der Waals surface area contributed by atoms with E-state index in [0.717, 1.165) is 16.7 Å². The van der Waals surface area contributed by atoms with E-state index in [1.165, 1.54) is 0 Å². The van der Waals surface area contributed by atoms with E-state index in [0.29, 0.717) is 6.54 Å². The van der Waals surface area contributed by atoms with Crippen LogP contribution in [-0.4, -0.2) is 29.5 Å². The van der Waals surface area contributed by atoms with Gasteiger partial charge in [-0.15, -0.1) is 0 Å². The number of hydrogen-bond donors (Lipinski definition) is 1. The average Bonchev–Trinajstić information content (AvgIpc) is 2.37. The van der Waals surface area contributed by atoms with Crippen molar-refractivity contribution < 1.29 is 9.53 Å². The van der Waals surface area contributed by atoms with Gasteiger partial charge in [0.15, 0.2) is 0 Å². The summed E-state index contributed by atoms with van der Waals surface area (Å²) in [5.74, 6) is 0.668. The summed E-state index contributed by atoms with van der Waals surface area (Å²) in [6.07, 6.45) is 1.62. The second-order valence-corrected chi connectivity index (χ2v) is 3.48. The van der Waals surface area contributed by atoms with Crippen LogP contribution in [-0.2, 0) is 0 Å². The smallest absolute Gasteiger partial charge is 0.289 e. The largest absolute Gasteiger partial charge is 0.497 e. The van der Waals surface area contributed by atoms with Crippen molar-refractivity contribution in [1.82, 2.24) is 15.3 Å². The monoisotopic (exact) mass is 231 g/mol. The van der Waals surface area contributed by atoms with Crippen molar-refractivity contribution >= 4 is 16.8 Å². The van der Waals surface area contributed by atoms with E-state index in [1.54, 1.807) is 25.4 Å². The summed E-state index contributed by atoms with van der Waals surface area (Å²) in [5.41, 5.74) is 0.724. The molecule has 2 aromatic rings. The molecular weight excluding hydrogens is 218 g/mol. The van der Waals surface area contributed by atoms with E-state index >= 15 is 0 Å². The number of aromatic nitrogens is 2. The third kappa shape index (κ3) is 2.33. The van der Waals surface area contributed by atoms with Gasteiger partial charge in [0.05, 0.1) is 12.6 Å². The van der Waals surface area contributed by atoms with Crippen molar-refractivity contribution in [3.8, 4) is 5.75 Å². The Kier molecular flexibility index (Phi) is 3.18. The van der Waals surface area contributed by atoms with Gasteiger partial charge in [0.2, 0.25) is 5.82 Å². The molecule has 0 radical (unpaired) electrons. The molecule has 1 N–H and O–H groups in total. The van der Waals surface area contributed by atoms with Gasteiger partial charge in [0.25, 0.3) is 5.91 Å². The number of amides is 1. The van der Waals surface area contributed by atoms with Crippen LogP contribution in [0.4, 0.5) is 0 Å². The fraction of sp³-hybridized carbons (Fsp3) is 0.250. The van der Waals surface area contributed by atoms with E-state index in [1.807, 2.05) is 13.0 Å². The van der Waals surface area contributed by atoms with Crippen molar-refractivity contribution in [2.24, 2.45) is 0 Å². The van der Waals surface area contributed by atoms with Gasteiger partial charge < -0.3 is 10.1 Å². The molecule has 0 fully saturated rings. The Labute approximate surface area is 98.8 Å². The van der Waals surface area contributed by atoms with E-state index in [4.69, 9.17) is 4.74 Å². The highest BCUT2D eigenvalue weighted by Crippen LogP contribution is 2.18. The van der Waals surface area contributed by atoms with Crippen LogP contribution in [0.15, 0.2) is 24.4 Å². The van der Waals surface area contributed by atoms with E-state index in [-0.39, 0.29) is 11.7 Å². The predicted molar refractivity (Wildman–Crippen MR) is 64.1 cm³/mol. The molecule has 0 aliphatic carbocycles. The highest BCUT2D eigenvalue weighted by Gasteiger charge is 2.08. The molecule has 1 aromatic carbocycles. The number of hydrogen-bond acceptors (Lipinski definition) is 4. The second-order valence-electron chi connectivity index (χ2n) is 3.48. The first kappa shape index (κ1) is 11.3. The Balaban J connectivity index is 2.41. The normalized spacial score (nSPS) is 10.2. The first-order valence-corrected chi connectivity index (χ1v) is 5.33. The van der Waals surface area contributed by atoms with Crippen LogP contribution in [0.3, 0.4) is 0 Å². The molecule has 5 heteroatoms. The number of rotatable bonds is 3. The average molecular weight is 231 g/mol. The van der Waals surface area contributed by atoms with Gasteiger partial charge in [0.1, 0.15) is 5.75 Å². The molecule has 0 aliphatic rings. The molecule has 0 aliphatic heterocycles. The van der Waals surface area contributed by atoms with Crippen molar-refractivity contribution in [1.29, 1.82) is 0 Å². The molecule has 1 amide bonds. The van der Waals surface area contributed by atoms with Crippen LogP contribution < -0.4 is 10.1 Å². The third-order valence-electron chi connectivity index (χ3n) is 2.33. The number of carbonyl (C=O) groups excluding carboxylic acids is 1. The van der Waals surface area contributed by atoms with E-state index in [2.05, 4.69) is 15.3 Å². The molecule has 1 aromatic heterocycles. The molecule has 0 atom stereocenters. The topological polar surface area (TPSA) is 64.1 Å². The molecule has 17 heavy (non-hydrogen) atoms. The minimum atomic E-state index is -0.259. The Hall–Kier alpha value is -2.17.